The Hall–Kier alpha value is -1.87. The maximum atomic E-state index is 13.8. The topological polar surface area (TPSA) is 29.3 Å². The third-order valence-electron chi connectivity index (χ3n) is 3.94. The minimum absolute atomic E-state index is 0.0804. The molecule has 0 saturated carbocycles. The van der Waals surface area contributed by atoms with Crippen LogP contribution in [0.2, 0.25) is 0 Å². The van der Waals surface area contributed by atoms with Crippen LogP contribution in [0, 0.1) is 5.82 Å². The molecule has 0 amide bonds. The summed E-state index contributed by atoms with van der Waals surface area (Å²) in [6.45, 7) is 1.51. The van der Waals surface area contributed by atoms with Crippen LogP contribution in [0.15, 0.2) is 48.5 Å². The van der Waals surface area contributed by atoms with Gasteiger partial charge in [0.05, 0.1) is 0 Å². The lowest BCUT2D eigenvalue weighted by Gasteiger charge is -2.25. The van der Waals surface area contributed by atoms with Crippen LogP contribution >= 0.6 is 0 Å². The van der Waals surface area contributed by atoms with Crippen molar-refractivity contribution in [1.82, 2.24) is 0 Å². The highest BCUT2D eigenvalue weighted by Crippen LogP contribution is 2.32. The Kier molecular flexibility index (Phi) is 3.70. The molecule has 2 N–H and O–H groups in total. The predicted octanol–water partition coefficient (Wildman–Crippen LogP) is 3.63. The SMILES string of the molecule is NC1CCCN(Cc2ccccc2F)c2ccccc21. The Morgan fingerprint density at radius 1 is 1.10 bits per heavy atom. The molecule has 0 aliphatic carbocycles. The standard InChI is InChI=1S/C17H19FN2/c18-15-8-3-1-6-13(15)12-20-11-5-9-16(19)14-7-2-4-10-17(14)20/h1-4,6-8,10,16H,5,9,11-12,19H2. The molecule has 0 spiro atoms. The van der Waals surface area contributed by atoms with E-state index in [9.17, 15) is 4.39 Å². The van der Waals surface area contributed by atoms with Gasteiger partial charge in [0.25, 0.3) is 0 Å². The fourth-order valence-corrected chi connectivity index (χ4v) is 2.86. The highest BCUT2D eigenvalue weighted by molar-refractivity contribution is 5.56. The van der Waals surface area contributed by atoms with Crippen molar-refractivity contribution in [2.45, 2.75) is 25.4 Å². The van der Waals surface area contributed by atoms with Crippen molar-refractivity contribution >= 4 is 5.69 Å². The molecule has 3 heteroatoms. The van der Waals surface area contributed by atoms with Crippen molar-refractivity contribution in [3.63, 3.8) is 0 Å². The molecular formula is C17H19FN2. The summed E-state index contributed by atoms with van der Waals surface area (Å²) >= 11 is 0. The number of anilines is 1. The van der Waals surface area contributed by atoms with Gasteiger partial charge in [0.15, 0.2) is 0 Å². The number of halogens is 1. The Morgan fingerprint density at radius 3 is 2.70 bits per heavy atom. The lowest BCUT2D eigenvalue weighted by molar-refractivity contribution is 0.597. The molecular weight excluding hydrogens is 251 g/mol. The van der Waals surface area contributed by atoms with Crippen molar-refractivity contribution in [3.05, 3.63) is 65.5 Å². The maximum absolute atomic E-state index is 13.8. The summed E-state index contributed by atoms with van der Waals surface area (Å²) in [7, 11) is 0. The number of para-hydroxylation sites is 1. The molecule has 2 aromatic carbocycles. The predicted molar refractivity (Wildman–Crippen MR) is 80.1 cm³/mol. The first-order chi connectivity index (χ1) is 9.75. The number of hydrogen-bond acceptors (Lipinski definition) is 2. The van der Waals surface area contributed by atoms with Crippen molar-refractivity contribution in [2.75, 3.05) is 11.4 Å². The first kappa shape index (κ1) is 13.1. The zero-order chi connectivity index (χ0) is 13.9. The van der Waals surface area contributed by atoms with Crippen molar-refractivity contribution in [2.24, 2.45) is 5.73 Å². The van der Waals surface area contributed by atoms with Crippen LogP contribution in [0.3, 0.4) is 0 Å². The third-order valence-corrected chi connectivity index (χ3v) is 3.94. The molecule has 0 saturated heterocycles. The Balaban J connectivity index is 1.94. The molecule has 104 valence electrons. The van der Waals surface area contributed by atoms with Gasteiger partial charge in [-0.25, -0.2) is 4.39 Å². The van der Waals surface area contributed by atoms with Gasteiger partial charge in [-0.1, -0.05) is 36.4 Å². The number of fused-ring (bicyclic) bond motifs is 1. The van der Waals surface area contributed by atoms with E-state index in [1.54, 1.807) is 6.07 Å². The number of hydrogen-bond donors (Lipinski definition) is 1. The average molecular weight is 270 g/mol. The molecule has 0 bridgehead atoms. The van der Waals surface area contributed by atoms with E-state index in [-0.39, 0.29) is 11.9 Å². The Morgan fingerprint density at radius 2 is 1.85 bits per heavy atom. The van der Waals surface area contributed by atoms with Gasteiger partial charge in [-0.3, -0.25) is 0 Å². The maximum Gasteiger partial charge on any atom is 0.128 e. The Labute approximate surface area is 119 Å². The normalized spacial score (nSPS) is 18.5. The lowest BCUT2D eigenvalue weighted by Crippen LogP contribution is -2.24. The van der Waals surface area contributed by atoms with Crippen LogP contribution in [0.25, 0.3) is 0 Å². The smallest absolute Gasteiger partial charge is 0.128 e. The quantitative estimate of drug-likeness (QED) is 0.903. The molecule has 1 aliphatic heterocycles. The van der Waals surface area contributed by atoms with E-state index < -0.39 is 0 Å². The minimum Gasteiger partial charge on any atom is -0.367 e. The summed E-state index contributed by atoms with van der Waals surface area (Å²) in [6.07, 6.45) is 2.01. The first-order valence-electron chi connectivity index (χ1n) is 7.08. The minimum atomic E-state index is -0.140. The second-order valence-corrected chi connectivity index (χ2v) is 5.32. The van der Waals surface area contributed by atoms with Crippen LogP contribution in [0.4, 0.5) is 10.1 Å². The second-order valence-electron chi connectivity index (χ2n) is 5.32. The molecule has 0 aromatic heterocycles. The molecule has 0 fully saturated rings. The molecule has 3 rings (SSSR count). The van der Waals surface area contributed by atoms with Gasteiger partial charge < -0.3 is 10.6 Å². The first-order valence-corrected chi connectivity index (χ1v) is 7.08. The summed E-state index contributed by atoms with van der Waals surface area (Å²) < 4.78 is 13.8. The molecule has 1 unspecified atom stereocenters. The molecule has 20 heavy (non-hydrogen) atoms. The molecule has 1 heterocycles. The van der Waals surface area contributed by atoms with Crippen LogP contribution in [-0.4, -0.2) is 6.54 Å². The average Bonchev–Trinajstić information content (AvgIpc) is 2.62. The van der Waals surface area contributed by atoms with Crippen LogP contribution < -0.4 is 10.6 Å². The van der Waals surface area contributed by atoms with Crippen molar-refractivity contribution in [1.29, 1.82) is 0 Å². The molecule has 1 atom stereocenters. The second kappa shape index (κ2) is 5.63. The van der Waals surface area contributed by atoms with Crippen molar-refractivity contribution < 1.29 is 4.39 Å². The number of nitrogens with zero attached hydrogens (tertiary/aromatic N) is 1. The molecule has 2 nitrogen and oxygen atoms in total. The fourth-order valence-electron chi connectivity index (χ4n) is 2.86. The monoisotopic (exact) mass is 270 g/mol. The number of nitrogens with two attached hydrogens (primary N) is 1. The van der Waals surface area contributed by atoms with Gasteiger partial charge >= 0.3 is 0 Å². The van der Waals surface area contributed by atoms with Gasteiger partial charge in [-0.05, 0) is 30.5 Å². The zero-order valence-electron chi connectivity index (χ0n) is 11.4. The van der Waals surface area contributed by atoms with E-state index >= 15 is 0 Å². The number of benzene rings is 2. The third kappa shape index (κ3) is 2.54. The summed E-state index contributed by atoms with van der Waals surface area (Å²) in [5.41, 5.74) is 9.27. The van der Waals surface area contributed by atoms with E-state index in [2.05, 4.69) is 17.0 Å². The molecule has 0 radical (unpaired) electrons. The highest BCUT2D eigenvalue weighted by Gasteiger charge is 2.20. The van der Waals surface area contributed by atoms with Crippen LogP contribution in [0.1, 0.15) is 30.0 Å². The molecule has 2 aromatic rings. The van der Waals surface area contributed by atoms with Crippen molar-refractivity contribution in [3.8, 4) is 0 Å². The van der Waals surface area contributed by atoms with Gasteiger partial charge in [-0.2, -0.15) is 0 Å². The van der Waals surface area contributed by atoms with Gasteiger partial charge in [-0.15, -0.1) is 0 Å². The lowest BCUT2D eigenvalue weighted by atomic mass is 10.0. The summed E-state index contributed by atoms with van der Waals surface area (Å²) in [6, 6.07) is 15.3. The molecule has 1 aliphatic rings. The summed E-state index contributed by atoms with van der Waals surface area (Å²) in [5, 5.41) is 0. The number of rotatable bonds is 2. The summed E-state index contributed by atoms with van der Waals surface area (Å²) in [4.78, 5) is 2.24. The van der Waals surface area contributed by atoms with Gasteiger partial charge in [0, 0.05) is 30.4 Å². The zero-order valence-corrected chi connectivity index (χ0v) is 11.4. The summed E-state index contributed by atoms with van der Waals surface area (Å²) in [5.74, 6) is -0.140. The largest absolute Gasteiger partial charge is 0.367 e. The van der Waals surface area contributed by atoms with Gasteiger partial charge in [0.2, 0.25) is 0 Å². The van der Waals surface area contributed by atoms with Crippen LogP contribution in [0.5, 0.6) is 0 Å². The van der Waals surface area contributed by atoms with Gasteiger partial charge in [0.1, 0.15) is 5.82 Å². The Bertz CT molecular complexity index is 597. The van der Waals surface area contributed by atoms with E-state index in [0.29, 0.717) is 6.54 Å². The highest BCUT2D eigenvalue weighted by atomic mass is 19.1. The van der Waals surface area contributed by atoms with E-state index in [0.717, 1.165) is 30.6 Å². The van der Waals surface area contributed by atoms with E-state index in [1.165, 1.54) is 11.6 Å². The van der Waals surface area contributed by atoms with E-state index in [1.807, 2.05) is 24.3 Å². The van der Waals surface area contributed by atoms with Crippen LogP contribution in [-0.2, 0) is 6.54 Å². The van der Waals surface area contributed by atoms with E-state index in [4.69, 9.17) is 5.73 Å². The fraction of sp³-hybridized carbons (Fsp3) is 0.294.